The molecule has 0 spiro atoms. The second-order valence-electron chi connectivity index (χ2n) is 23.0. The molecule has 29 heteroatoms. The Labute approximate surface area is 538 Å². The molecule has 2 unspecified atom stereocenters. The van der Waals surface area contributed by atoms with Gasteiger partial charge in [-0.05, 0) is 80.2 Å². The summed E-state index contributed by atoms with van der Waals surface area (Å²) in [6.07, 6.45) is 6.08. The molecule has 8 atom stereocenters. The summed E-state index contributed by atoms with van der Waals surface area (Å²) >= 11 is 1.91. The number of piperidine rings is 2. The molecule has 4 saturated heterocycles. The minimum absolute atomic E-state index is 0.0809. The Bertz CT molecular complexity index is 3550. The number of hydrogen-bond donors (Lipinski definition) is 8. The smallest absolute Gasteiger partial charge is 0.409 e. The number of nitrogens with one attached hydrogen (secondary N) is 2. The van der Waals surface area contributed by atoms with Gasteiger partial charge in [0.05, 0.1) is 39.1 Å². The molecule has 4 amide bonds. The number of benzene rings is 2. The summed E-state index contributed by atoms with van der Waals surface area (Å²) in [6, 6.07) is 20.0. The Morgan fingerprint density at radius 3 is 1.48 bits per heavy atom. The number of fused-ring (bicyclic) bond motifs is 2. The molecule has 6 aromatic rings. The quantitative estimate of drug-likeness (QED) is 0.0265. The first-order chi connectivity index (χ1) is 44.1. The summed E-state index contributed by atoms with van der Waals surface area (Å²) in [6.45, 7) is 4.88. The predicted molar refractivity (Wildman–Crippen MR) is 335 cm³/mol. The van der Waals surface area contributed by atoms with Gasteiger partial charge in [-0.15, -0.1) is 12.3 Å². The van der Waals surface area contributed by atoms with Crippen LogP contribution in [0.5, 0.6) is 0 Å². The van der Waals surface area contributed by atoms with E-state index in [2.05, 4.69) is 58.3 Å². The first kappa shape index (κ1) is 66.1. The minimum atomic E-state index is -1.42. The Morgan fingerprint density at radius 2 is 1.03 bits per heavy atom. The maximum absolute atomic E-state index is 12.5. The SMILES string of the molecule is C#CCC1CCN(C(=O)OCCOCc2ccccc2)CC1.Nc1nc(C#CCC2CCN(C(=O)OCCOCc3ccccc3)CC2)nc2c1ncn2[C@@H]1O[C@H](C(=O)NC2CC2)C(O)[C@@H]1O.Nc1nc(I)nc2c1ncn2[C@@H]1O[C@H](C(=O)NC2CC2)C(O)[C@@H]1O. The van der Waals surface area contributed by atoms with Crippen molar-refractivity contribution in [3.8, 4) is 24.2 Å². The Hall–Kier alpha value is -7.85. The summed E-state index contributed by atoms with van der Waals surface area (Å²) in [5, 5.41) is 47.3. The molecule has 0 radical (unpaired) electrons. The Kier molecular flexibility index (Phi) is 22.8. The molecule has 2 aromatic carbocycles. The largest absolute Gasteiger partial charge is 0.447 e. The number of likely N-dealkylation sites (tertiary alicyclic amines) is 2. The van der Waals surface area contributed by atoms with E-state index in [9.17, 15) is 39.6 Å². The van der Waals surface area contributed by atoms with E-state index in [0.717, 1.165) is 82.0 Å². The summed E-state index contributed by atoms with van der Waals surface area (Å²) < 4.78 is 36.4. The van der Waals surface area contributed by atoms with Gasteiger partial charge < -0.3 is 80.7 Å². The van der Waals surface area contributed by atoms with Crippen molar-refractivity contribution in [3.05, 3.63) is 94.1 Å². The fourth-order valence-electron chi connectivity index (χ4n) is 10.7. The van der Waals surface area contributed by atoms with Crippen LogP contribution in [0.25, 0.3) is 22.3 Å². The number of carbonyl (C=O) groups excluding carboxylic acids is 4. The zero-order valence-electron chi connectivity index (χ0n) is 50.0. The van der Waals surface area contributed by atoms with Crippen LogP contribution in [0.1, 0.15) is 93.6 Å². The van der Waals surface area contributed by atoms with Crippen LogP contribution < -0.4 is 22.1 Å². The average molecular weight is 1370 g/mol. The summed E-state index contributed by atoms with van der Waals surface area (Å²) in [4.78, 5) is 77.9. The number of carbonyl (C=O) groups is 4. The third-order valence-electron chi connectivity index (χ3n) is 16.1. The lowest BCUT2D eigenvalue weighted by Gasteiger charge is -2.30. The molecule has 6 fully saturated rings. The van der Waals surface area contributed by atoms with Crippen LogP contribution in [-0.4, -0.2) is 195 Å². The van der Waals surface area contributed by atoms with E-state index in [1.54, 1.807) is 9.80 Å². The lowest BCUT2D eigenvalue weighted by Crippen LogP contribution is -2.43. The monoisotopic (exact) mass is 1370 g/mol. The van der Waals surface area contributed by atoms with Gasteiger partial charge in [0.1, 0.15) is 48.7 Å². The van der Waals surface area contributed by atoms with E-state index in [-0.39, 0.29) is 60.6 Å². The number of anilines is 2. The Balaban J connectivity index is 0.000000166. The van der Waals surface area contributed by atoms with Crippen molar-refractivity contribution in [1.29, 1.82) is 0 Å². The van der Waals surface area contributed by atoms with Gasteiger partial charge in [0.15, 0.2) is 51.4 Å². The maximum Gasteiger partial charge on any atom is 0.409 e. The number of nitrogens with two attached hydrogens (primary N) is 2. The molecule has 28 nitrogen and oxygen atoms in total. The zero-order valence-corrected chi connectivity index (χ0v) is 52.1. The van der Waals surface area contributed by atoms with Crippen LogP contribution in [0.4, 0.5) is 21.2 Å². The number of aliphatic hydroxyl groups excluding tert-OH is 4. The van der Waals surface area contributed by atoms with E-state index < -0.39 is 60.9 Å². The van der Waals surface area contributed by atoms with Gasteiger partial charge in [-0.2, -0.15) is 0 Å². The van der Waals surface area contributed by atoms with Gasteiger partial charge in [0.2, 0.25) is 5.82 Å². The van der Waals surface area contributed by atoms with Crippen molar-refractivity contribution < 1.29 is 68.0 Å². The molecule has 8 heterocycles. The number of terminal acetylenes is 1. The van der Waals surface area contributed by atoms with Gasteiger partial charge in [-0.25, -0.2) is 39.5 Å². The molecule has 484 valence electrons. The fraction of sp³-hybridized carbons (Fsp3) is 0.516. The average Bonchev–Trinajstić information content (AvgIpc) is 1.65. The van der Waals surface area contributed by atoms with Crippen LogP contribution in [0.3, 0.4) is 0 Å². The molecular formula is C62H75IN14O14. The second kappa shape index (κ2) is 31.5. The van der Waals surface area contributed by atoms with Gasteiger partial charge in [0, 0.05) is 73.7 Å². The van der Waals surface area contributed by atoms with E-state index in [0.29, 0.717) is 78.3 Å². The number of amides is 4. The Morgan fingerprint density at radius 1 is 0.593 bits per heavy atom. The summed E-state index contributed by atoms with van der Waals surface area (Å²) in [7, 11) is 0. The van der Waals surface area contributed by atoms with E-state index >= 15 is 0 Å². The van der Waals surface area contributed by atoms with Crippen LogP contribution in [0.15, 0.2) is 73.3 Å². The first-order valence-electron chi connectivity index (χ1n) is 30.4. The lowest BCUT2D eigenvalue weighted by atomic mass is 9.94. The molecule has 4 aliphatic heterocycles. The fourth-order valence-corrected chi connectivity index (χ4v) is 11.2. The molecule has 12 rings (SSSR count). The molecule has 10 N–H and O–H groups in total. The van der Waals surface area contributed by atoms with Crippen LogP contribution in [-0.2, 0) is 51.2 Å². The summed E-state index contributed by atoms with van der Waals surface area (Å²) in [5.41, 5.74) is 15.4. The number of nitrogens with zero attached hydrogens (tertiary/aromatic N) is 10. The molecule has 2 saturated carbocycles. The molecule has 2 aliphatic carbocycles. The first-order valence-corrected chi connectivity index (χ1v) is 31.5. The van der Waals surface area contributed by atoms with Gasteiger partial charge in [0.25, 0.3) is 11.8 Å². The van der Waals surface area contributed by atoms with Crippen LogP contribution in [0, 0.1) is 39.9 Å². The zero-order chi connectivity index (χ0) is 64.0. The highest BCUT2D eigenvalue weighted by Gasteiger charge is 2.50. The highest BCUT2D eigenvalue weighted by molar-refractivity contribution is 14.1. The molecule has 6 aliphatic rings. The molecule has 0 bridgehead atoms. The predicted octanol–water partition coefficient (Wildman–Crippen LogP) is 3.10. The number of ether oxygens (including phenoxy) is 6. The number of nitrogen functional groups attached to an aromatic ring is 2. The van der Waals surface area contributed by atoms with E-state index in [4.69, 9.17) is 46.3 Å². The second-order valence-corrected chi connectivity index (χ2v) is 23.9. The lowest BCUT2D eigenvalue weighted by molar-refractivity contribution is -0.138. The van der Waals surface area contributed by atoms with Crippen molar-refractivity contribution in [3.63, 3.8) is 0 Å². The van der Waals surface area contributed by atoms with E-state index in [1.165, 1.54) is 21.8 Å². The highest BCUT2D eigenvalue weighted by Crippen LogP contribution is 2.35. The highest BCUT2D eigenvalue weighted by atomic mass is 127. The summed E-state index contributed by atoms with van der Waals surface area (Å²) in [5.74, 6) is 9.21. The minimum Gasteiger partial charge on any atom is -0.447 e. The van der Waals surface area contributed by atoms with Crippen LogP contribution >= 0.6 is 22.6 Å². The van der Waals surface area contributed by atoms with Gasteiger partial charge in [-0.3, -0.25) is 18.7 Å². The van der Waals surface area contributed by atoms with Crippen molar-refractivity contribution in [1.82, 2.24) is 59.5 Å². The number of aliphatic hydroxyl groups is 4. The topological polar surface area (TPSA) is 374 Å². The van der Waals surface area contributed by atoms with Gasteiger partial charge in [-0.1, -0.05) is 66.6 Å². The standard InChI is InChI=1S/C31H37N7O7.C18H23NO3.C13H15IN6O4/c32-27-23-28(38(18-33-23)30-25(40)24(39)26(45-30)29(41)34-21-9-10-21)36-22(35-27)8-4-7-19-11-13-37(14-12-19)31(42)44-16-15-43-17-20-5-2-1-3-6-20;1-2-6-16-9-11-19(12-10-16)18(20)22-14-13-21-15-17-7-4-3-5-8-17;14-13-18-9(15)5-10(19-13)20(3-16-5)12-7(22)6(21)8(24-12)11(23)17-4-1-2-4/h1-3,5-6,18-19,21,24-26,30,39-40H,7,9-17H2,(H,34,41)(H2,32,35,36);1,3-5,7-8,16H,6,9-15H2;3-4,6-8,12,21-22H,1-2H2,(H,17,23)(H2,15,18,19)/t24?,25-,26-,30+;;6?,7-,8-,12+/m0.0/s1. The number of aromatic nitrogens is 8. The normalized spacial score (nSPS) is 23.2. The van der Waals surface area contributed by atoms with E-state index in [1.807, 2.05) is 83.3 Å². The maximum atomic E-state index is 12.5. The van der Waals surface area contributed by atoms with Crippen LogP contribution in [0.2, 0.25) is 0 Å². The third kappa shape index (κ3) is 17.6. The number of hydrogen-bond acceptors (Lipinski definition) is 22. The van der Waals surface area contributed by atoms with Gasteiger partial charge >= 0.3 is 12.2 Å². The molecule has 91 heavy (non-hydrogen) atoms. The van der Waals surface area contributed by atoms with Crippen molar-refractivity contribution in [2.24, 2.45) is 11.8 Å². The molecule has 4 aromatic heterocycles. The number of rotatable bonds is 18. The third-order valence-corrected chi connectivity index (χ3v) is 16.6. The number of imidazole rings is 2. The van der Waals surface area contributed by atoms with Crippen molar-refractivity contribution in [2.75, 3.05) is 64.1 Å². The van der Waals surface area contributed by atoms with Crippen molar-refractivity contribution >= 4 is 80.6 Å². The van der Waals surface area contributed by atoms with Crippen molar-refractivity contribution in [2.45, 2.75) is 139 Å². The number of halogens is 1. The molecular weight excluding hydrogens is 1290 g/mol.